The van der Waals surface area contributed by atoms with Crippen molar-refractivity contribution in [2.45, 2.75) is 64.4 Å². The highest BCUT2D eigenvalue weighted by atomic mass is 16.5. The highest BCUT2D eigenvalue weighted by Gasteiger charge is 2.12. The highest BCUT2D eigenvalue weighted by molar-refractivity contribution is 5.27. The van der Waals surface area contributed by atoms with E-state index in [1.807, 2.05) is 0 Å². The number of hydrogen-bond acceptors (Lipinski definition) is 1. The van der Waals surface area contributed by atoms with Gasteiger partial charge in [0.1, 0.15) is 5.75 Å². The average Bonchev–Trinajstić information content (AvgIpc) is 2.33. The summed E-state index contributed by atoms with van der Waals surface area (Å²) in [5.74, 6) is 1.05. The molecule has 1 saturated carbocycles. The quantitative estimate of drug-likeness (QED) is 0.731. The molecule has 0 amide bonds. The van der Waals surface area contributed by atoms with E-state index in [1.165, 1.54) is 50.5 Å². The van der Waals surface area contributed by atoms with Crippen LogP contribution in [0.1, 0.15) is 57.4 Å². The summed E-state index contributed by atoms with van der Waals surface area (Å²) < 4.78 is 6.09. The lowest BCUT2D eigenvalue weighted by Gasteiger charge is -2.21. The van der Waals surface area contributed by atoms with Crippen LogP contribution >= 0.6 is 0 Å². The largest absolute Gasteiger partial charge is 0.490 e. The van der Waals surface area contributed by atoms with Gasteiger partial charge < -0.3 is 4.74 Å². The molecule has 1 aliphatic carbocycles. The van der Waals surface area contributed by atoms with Crippen LogP contribution in [0.25, 0.3) is 0 Å². The minimum atomic E-state index is 0.447. The molecule has 17 heavy (non-hydrogen) atoms. The summed E-state index contributed by atoms with van der Waals surface area (Å²) >= 11 is 0. The zero-order chi connectivity index (χ0) is 11.9. The van der Waals surface area contributed by atoms with Gasteiger partial charge in [0.05, 0.1) is 6.10 Å². The number of rotatable bonds is 3. The summed E-state index contributed by atoms with van der Waals surface area (Å²) in [6.45, 7) is 2.19. The molecular formula is C16H24O. The summed E-state index contributed by atoms with van der Waals surface area (Å²) in [7, 11) is 0. The molecule has 0 atom stereocenters. The molecule has 2 rings (SSSR count). The SMILES string of the molecule is CCc1ccc(OC2CCCCCCC2)cc1. The lowest BCUT2D eigenvalue weighted by molar-refractivity contribution is 0.166. The highest BCUT2D eigenvalue weighted by Crippen LogP contribution is 2.22. The van der Waals surface area contributed by atoms with E-state index in [9.17, 15) is 0 Å². The van der Waals surface area contributed by atoms with Gasteiger partial charge in [0, 0.05) is 0 Å². The number of hydrogen-bond donors (Lipinski definition) is 0. The van der Waals surface area contributed by atoms with Crippen molar-refractivity contribution in [3.05, 3.63) is 29.8 Å². The van der Waals surface area contributed by atoms with Crippen LogP contribution in [0.15, 0.2) is 24.3 Å². The minimum Gasteiger partial charge on any atom is -0.490 e. The van der Waals surface area contributed by atoms with Gasteiger partial charge in [0.15, 0.2) is 0 Å². The van der Waals surface area contributed by atoms with Crippen LogP contribution in [0.4, 0.5) is 0 Å². The molecular weight excluding hydrogens is 208 g/mol. The molecule has 1 aromatic rings. The van der Waals surface area contributed by atoms with Crippen LogP contribution in [0.5, 0.6) is 5.75 Å². The van der Waals surface area contributed by atoms with Gasteiger partial charge >= 0.3 is 0 Å². The number of aryl methyl sites for hydroxylation is 1. The molecule has 1 nitrogen and oxygen atoms in total. The Labute approximate surface area is 105 Å². The third-order valence-corrected chi connectivity index (χ3v) is 3.69. The fourth-order valence-electron chi connectivity index (χ4n) is 2.53. The molecule has 0 unspecified atom stereocenters. The van der Waals surface area contributed by atoms with Crippen LogP contribution in [0.3, 0.4) is 0 Å². The molecule has 0 spiro atoms. The number of ether oxygens (including phenoxy) is 1. The molecule has 0 radical (unpaired) electrons. The van der Waals surface area contributed by atoms with E-state index in [0.29, 0.717) is 6.10 Å². The molecule has 0 bridgehead atoms. The third-order valence-electron chi connectivity index (χ3n) is 3.69. The van der Waals surface area contributed by atoms with E-state index >= 15 is 0 Å². The van der Waals surface area contributed by atoms with E-state index < -0.39 is 0 Å². The zero-order valence-corrected chi connectivity index (χ0v) is 11.0. The van der Waals surface area contributed by atoms with Crippen LogP contribution in [0, 0.1) is 0 Å². The molecule has 1 aromatic carbocycles. The Hall–Kier alpha value is -0.980. The van der Waals surface area contributed by atoms with Crippen molar-refractivity contribution < 1.29 is 4.74 Å². The molecule has 0 aliphatic heterocycles. The first-order valence-electron chi connectivity index (χ1n) is 7.14. The van der Waals surface area contributed by atoms with Crippen molar-refractivity contribution in [1.29, 1.82) is 0 Å². The van der Waals surface area contributed by atoms with Gasteiger partial charge in [-0.1, -0.05) is 38.3 Å². The van der Waals surface area contributed by atoms with Crippen LogP contribution in [-0.4, -0.2) is 6.10 Å². The van der Waals surface area contributed by atoms with Crippen molar-refractivity contribution >= 4 is 0 Å². The van der Waals surface area contributed by atoms with Crippen LogP contribution < -0.4 is 4.74 Å². The second-order valence-electron chi connectivity index (χ2n) is 5.08. The lowest BCUT2D eigenvalue weighted by Crippen LogP contribution is -2.17. The average molecular weight is 232 g/mol. The zero-order valence-electron chi connectivity index (χ0n) is 11.0. The molecule has 1 aliphatic rings. The van der Waals surface area contributed by atoms with Gasteiger partial charge in [-0.15, -0.1) is 0 Å². The Bertz CT molecular complexity index is 307. The van der Waals surface area contributed by atoms with Gasteiger partial charge in [0.25, 0.3) is 0 Å². The van der Waals surface area contributed by atoms with Crippen molar-refractivity contribution in [2.24, 2.45) is 0 Å². The van der Waals surface area contributed by atoms with E-state index in [1.54, 1.807) is 0 Å². The fraction of sp³-hybridized carbons (Fsp3) is 0.625. The normalized spacial score (nSPS) is 18.4. The van der Waals surface area contributed by atoms with E-state index in [4.69, 9.17) is 4.74 Å². The van der Waals surface area contributed by atoms with Crippen LogP contribution in [0.2, 0.25) is 0 Å². The molecule has 1 fully saturated rings. The Morgan fingerprint density at radius 3 is 2.12 bits per heavy atom. The van der Waals surface area contributed by atoms with Crippen molar-refractivity contribution in [3.63, 3.8) is 0 Å². The van der Waals surface area contributed by atoms with E-state index in [2.05, 4.69) is 31.2 Å². The summed E-state index contributed by atoms with van der Waals surface area (Å²) in [6, 6.07) is 8.60. The summed E-state index contributed by atoms with van der Waals surface area (Å²) in [5.41, 5.74) is 1.38. The third kappa shape index (κ3) is 4.07. The fourth-order valence-corrected chi connectivity index (χ4v) is 2.53. The predicted octanol–water partition coefficient (Wildman–Crippen LogP) is 4.74. The lowest BCUT2D eigenvalue weighted by atomic mass is 9.98. The first-order valence-corrected chi connectivity index (χ1v) is 7.14. The van der Waals surface area contributed by atoms with Crippen molar-refractivity contribution in [3.8, 4) is 5.75 Å². The molecule has 0 aromatic heterocycles. The maximum Gasteiger partial charge on any atom is 0.119 e. The van der Waals surface area contributed by atoms with Crippen molar-refractivity contribution in [2.75, 3.05) is 0 Å². The maximum atomic E-state index is 6.09. The summed E-state index contributed by atoms with van der Waals surface area (Å²) in [5, 5.41) is 0. The van der Waals surface area contributed by atoms with Gasteiger partial charge in [-0.3, -0.25) is 0 Å². The van der Waals surface area contributed by atoms with Gasteiger partial charge in [-0.05, 0) is 49.8 Å². The first-order chi connectivity index (χ1) is 8.38. The number of benzene rings is 1. The molecule has 0 saturated heterocycles. The monoisotopic (exact) mass is 232 g/mol. The van der Waals surface area contributed by atoms with Gasteiger partial charge in [-0.25, -0.2) is 0 Å². The predicted molar refractivity (Wildman–Crippen MR) is 72.6 cm³/mol. The smallest absolute Gasteiger partial charge is 0.119 e. The minimum absolute atomic E-state index is 0.447. The summed E-state index contributed by atoms with van der Waals surface area (Å²) in [4.78, 5) is 0. The maximum absolute atomic E-state index is 6.09. The van der Waals surface area contributed by atoms with Gasteiger partial charge in [0.2, 0.25) is 0 Å². The topological polar surface area (TPSA) is 9.23 Å². The van der Waals surface area contributed by atoms with E-state index in [0.717, 1.165) is 12.2 Å². The van der Waals surface area contributed by atoms with Gasteiger partial charge in [-0.2, -0.15) is 0 Å². The molecule has 0 heterocycles. The second kappa shape index (κ2) is 6.68. The van der Waals surface area contributed by atoms with E-state index in [-0.39, 0.29) is 0 Å². The Morgan fingerprint density at radius 2 is 1.53 bits per heavy atom. The molecule has 0 N–H and O–H groups in total. The second-order valence-corrected chi connectivity index (χ2v) is 5.08. The molecule has 94 valence electrons. The van der Waals surface area contributed by atoms with Crippen molar-refractivity contribution in [1.82, 2.24) is 0 Å². The Kier molecular flexibility index (Phi) is 4.90. The first kappa shape index (κ1) is 12.5. The van der Waals surface area contributed by atoms with Crippen LogP contribution in [-0.2, 0) is 6.42 Å². The Balaban J connectivity index is 1.88. The standard InChI is InChI=1S/C16H24O/c1-2-14-10-12-16(13-11-14)17-15-8-6-4-3-5-7-9-15/h10-13,15H,2-9H2,1H3. The molecule has 1 heteroatoms. The summed E-state index contributed by atoms with van der Waals surface area (Å²) in [6.07, 6.45) is 10.9. The Morgan fingerprint density at radius 1 is 0.941 bits per heavy atom.